The van der Waals surface area contributed by atoms with E-state index in [1.807, 2.05) is 0 Å². The highest BCUT2D eigenvalue weighted by Gasteiger charge is 2.09. The second-order valence-electron chi connectivity index (χ2n) is 3.15. The standard InChI is InChI=1S/C11H9FN2O2/c1-16-11(15)8-6-13-14(7-8)10-4-2-3-9(12)5-10/h2-7H,1H3. The van der Waals surface area contributed by atoms with Gasteiger partial charge in [0, 0.05) is 6.20 Å². The maximum absolute atomic E-state index is 13.0. The molecule has 0 N–H and O–H groups in total. The van der Waals surface area contributed by atoms with E-state index in [0.29, 0.717) is 11.3 Å². The van der Waals surface area contributed by atoms with Gasteiger partial charge in [0.05, 0.1) is 24.6 Å². The summed E-state index contributed by atoms with van der Waals surface area (Å²) in [5.74, 6) is -0.824. The van der Waals surface area contributed by atoms with Crippen molar-refractivity contribution in [3.05, 3.63) is 48.0 Å². The van der Waals surface area contributed by atoms with Gasteiger partial charge in [0.25, 0.3) is 0 Å². The van der Waals surface area contributed by atoms with Crippen LogP contribution >= 0.6 is 0 Å². The van der Waals surface area contributed by atoms with E-state index in [-0.39, 0.29) is 5.82 Å². The Kier molecular flexibility index (Phi) is 2.68. The molecule has 0 aliphatic rings. The predicted octanol–water partition coefficient (Wildman–Crippen LogP) is 1.80. The van der Waals surface area contributed by atoms with Gasteiger partial charge in [-0.2, -0.15) is 5.10 Å². The quantitative estimate of drug-likeness (QED) is 0.725. The minimum absolute atomic E-state index is 0.326. The molecule has 2 rings (SSSR count). The van der Waals surface area contributed by atoms with Crippen LogP contribution in [-0.4, -0.2) is 22.9 Å². The number of ether oxygens (including phenoxy) is 1. The highest BCUT2D eigenvalue weighted by atomic mass is 19.1. The Bertz CT molecular complexity index is 522. The van der Waals surface area contributed by atoms with Crippen LogP contribution in [0, 0.1) is 5.82 Å². The number of carbonyl (C=O) groups is 1. The van der Waals surface area contributed by atoms with Gasteiger partial charge in [0.1, 0.15) is 5.82 Å². The van der Waals surface area contributed by atoms with Crippen molar-refractivity contribution in [2.75, 3.05) is 7.11 Å². The molecule has 0 radical (unpaired) electrons. The number of methoxy groups -OCH3 is 1. The Balaban J connectivity index is 2.35. The van der Waals surface area contributed by atoms with Gasteiger partial charge in [-0.25, -0.2) is 13.9 Å². The molecule has 0 amide bonds. The first kappa shape index (κ1) is 10.4. The van der Waals surface area contributed by atoms with Gasteiger partial charge in [-0.3, -0.25) is 0 Å². The van der Waals surface area contributed by atoms with E-state index in [0.717, 1.165) is 0 Å². The maximum atomic E-state index is 13.0. The first-order valence-corrected chi connectivity index (χ1v) is 4.59. The molecule has 0 bridgehead atoms. The topological polar surface area (TPSA) is 44.1 Å². The molecule has 2 aromatic rings. The van der Waals surface area contributed by atoms with Gasteiger partial charge in [-0.05, 0) is 18.2 Å². The average molecular weight is 220 g/mol. The molecule has 0 fully saturated rings. The average Bonchev–Trinajstić information content (AvgIpc) is 2.77. The van der Waals surface area contributed by atoms with E-state index in [2.05, 4.69) is 9.84 Å². The van der Waals surface area contributed by atoms with Crippen molar-refractivity contribution < 1.29 is 13.9 Å². The number of hydrogen-bond donors (Lipinski definition) is 0. The van der Waals surface area contributed by atoms with E-state index in [9.17, 15) is 9.18 Å². The summed E-state index contributed by atoms with van der Waals surface area (Å²) >= 11 is 0. The summed E-state index contributed by atoms with van der Waals surface area (Å²) in [4.78, 5) is 11.2. The Hall–Kier alpha value is -2.17. The predicted molar refractivity (Wildman–Crippen MR) is 54.9 cm³/mol. The van der Waals surface area contributed by atoms with Crippen LogP contribution in [-0.2, 0) is 4.74 Å². The van der Waals surface area contributed by atoms with Crippen LogP contribution in [0.5, 0.6) is 0 Å². The molecule has 5 heteroatoms. The largest absolute Gasteiger partial charge is 0.465 e. The number of carbonyl (C=O) groups excluding carboxylic acids is 1. The highest BCUT2D eigenvalue weighted by Crippen LogP contribution is 2.10. The zero-order chi connectivity index (χ0) is 11.5. The number of esters is 1. The molecule has 0 aliphatic heterocycles. The van der Waals surface area contributed by atoms with Crippen LogP contribution in [0.2, 0.25) is 0 Å². The molecule has 0 saturated carbocycles. The molecule has 4 nitrogen and oxygen atoms in total. The maximum Gasteiger partial charge on any atom is 0.341 e. The second kappa shape index (κ2) is 4.14. The Morgan fingerprint density at radius 3 is 3.00 bits per heavy atom. The molecular weight excluding hydrogens is 211 g/mol. The molecule has 1 heterocycles. The fourth-order valence-electron chi connectivity index (χ4n) is 1.31. The first-order chi connectivity index (χ1) is 7.70. The Morgan fingerprint density at radius 1 is 1.50 bits per heavy atom. The van der Waals surface area contributed by atoms with Gasteiger partial charge in [-0.1, -0.05) is 6.07 Å². The fourth-order valence-corrected chi connectivity index (χ4v) is 1.31. The normalized spacial score (nSPS) is 10.1. The Labute approximate surface area is 91.3 Å². The van der Waals surface area contributed by atoms with Crippen LogP contribution in [0.4, 0.5) is 4.39 Å². The molecule has 0 saturated heterocycles. The van der Waals surface area contributed by atoms with Gasteiger partial charge in [-0.15, -0.1) is 0 Å². The van der Waals surface area contributed by atoms with Crippen LogP contribution in [0.3, 0.4) is 0 Å². The third-order valence-electron chi connectivity index (χ3n) is 2.08. The SMILES string of the molecule is COC(=O)c1cnn(-c2cccc(F)c2)c1. The summed E-state index contributed by atoms with van der Waals surface area (Å²) in [7, 11) is 1.29. The van der Waals surface area contributed by atoms with Crippen LogP contribution in [0.25, 0.3) is 5.69 Å². The lowest BCUT2D eigenvalue weighted by Crippen LogP contribution is -1.99. The summed E-state index contributed by atoms with van der Waals surface area (Å²) in [6.07, 6.45) is 2.86. The minimum Gasteiger partial charge on any atom is -0.465 e. The molecule has 0 aliphatic carbocycles. The summed E-state index contributed by atoms with van der Waals surface area (Å²) < 4.78 is 18.9. The first-order valence-electron chi connectivity index (χ1n) is 4.59. The van der Waals surface area contributed by atoms with Crippen LogP contribution in [0.15, 0.2) is 36.7 Å². The molecule has 0 atom stereocenters. The van der Waals surface area contributed by atoms with E-state index in [4.69, 9.17) is 0 Å². The molecule has 16 heavy (non-hydrogen) atoms. The Morgan fingerprint density at radius 2 is 2.31 bits per heavy atom. The number of hydrogen-bond acceptors (Lipinski definition) is 3. The van der Waals surface area contributed by atoms with E-state index in [1.165, 1.54) is 36.3 Å². The summed E-state index contributed by atoms with van der Waals surface area (Å²) in [6, 6.07) is 5.93. The van der Waals surface area contributed by atoms with E-state index in [1.54, 1.807) is 12.1 Å². The monoisotopic (exact) mass is 220 g/mol. The van der Waals surface area contributed by atoms with Gasteiger partial charge in [0.15, 0.2) is 0 Å². The number of aromatic nitrogens is 2. The molecular formula is C11H9FN2O2. The molecule has 82 valence electrons. The lowest BCUT2D eigenvalue weighted by molar-refractivity contribution is 0.0600. The van der Waals surface area contributed by atoms with Crippen molar-refractivity contribution in [2.24, 2.45) is 0 Å². The molecule has 1 aromatic heterocycles. The lowest BCUT2D eigenvalue weighted by atomic mass is 10.3. The molecule has 0 unspecified atom stereocenters. The van der Waals surface area contributed by atoms with Crippen molar-refractivity contribution in [1.82, 2.24) is 9.78 Å². The van der Waals surface area contributed by atoms with Gasteiger partial charge >= 0.3 is 5.97 Å². The zero-order valence-corrected chi connectivity index (χ0v) is 8.55. The lowest BCUT2D eigenvalue weighted by Gasteiger charge is -1.99. The number of nitrogens with zero attached hydrogens (tertiary/aromatic N) is 2. The summed E-state index contributed by atoms with van der Waals surface area (Å²) in [5.41, 5.74) is 0.877. The molecule has 1 aromatic carbocycles. The van der Waals surface area contributed by atoms with E-state index >= 15 is 0 Å². The smallest absolute Gasteiger partial charge is 0.341 e. The highest BCUT2D eigenvalue weighted by molar-refractivity contribution is 5.88. The zero-order valence-electron chi connectivity index (χ0n) is 8.55. The molecule has 0 spiro atoms. The second-order valence-corrected chi connectivity index (χ2v) is 3.15. The fraction of sp³-hybridized carbons (Fsp3) is 0.0909. The minimum atomic E-state index is -0.470. The summed E-state index contributed by atoms with van der Waals surface area (Å²) in [5, 5.41) is 3.95. The van der Waals surface area contributed by atoms with Gasteiger partial charge in [0.2, 0.25) is 0 Å². The van der Waals surface area contributed by atoms with Crippen molar-refractivity contribution in [1.29, 1.82) is 0 Å². The number of halogens is 1. The van der Waals surface area contributed by atoms with Crippen molar-refractivity contribution in [3.8, 4) is 5.69 Å². The van der Waals surface area contributed by atoms with Crippen molar-refractivity contribution >= 4 is 5.97 Å². The third kappa shape index (κ3) is 1.93. The van der Waals surface area contributed by atoms with Crippen molar-refractivity contribution in [3.63, 3.8) is 0 Å². The van der Waals surface area contributed by atoms with Crippen LogP contribution < -0.4 is 0 Å². The van der Waals surface area contributed by atoms with Gasteiger partial charge < -0.3 is 4.74 Å². The number of rotatable bonds is 2. The number of benzene rings is 1. The van der Waals surface area contributed by atoms with Crippen LogP contribution in [0.1, 0.15) is 10.4 Å². The third-order valence-corrected chi connectivity index (χ3v) is 2.08. The van der Waals surface area contributed by atoms with Crippen molar-refractivity contribution in [2.45, 2.75) is 0 Å². The summed E-state index contributed by atoms with van der Waals surface area (Å²) in [6.45, 7) is 0. The van der Waals surface area contributed by atoms with E-state index < -0.39 is 5.97 Å².